The predicted octanol–water partition coefficient (Wildman–Crippen LogP) is 2.99. The van der Waals surface area contributed by atoms with Crippen molar-refractivity contribution in [2.75, 3.05) is 5.73 Å². The molecule has 0 saturated carbocycles. The number of nitrogens with zero attached hydrogens (tertiary/aromatic N) is 1. The lowest BCUT2D eigenvalue weighted by atomic mass is 10.0. The van der Waals surface area contributed by atoms with E-state index in [4.69, 9.17) is 10.3 Å². The van der Waals surface area contributed by atoms with Crippen LogP contribution in [-0.2, 0) is 0 Å². The maximum Gasteiger partial charge on any atom is 0.229 e. The Morgan fingerprint density at radius 2 is 2.14 bits per heavy atom. The number of benzene rings is 1. The van der Waals surface area contributed by atoms with Gasteiger partial charge in [-0.3, -0.25) is 0 Å². The van der Waals surface area contributed by atoms with Gasteiger partial charge < -0.3 is 10.3 Å². The summed E-state index contributed by atoms with van der Waals surface area (Å²) in [4.78, 5) is 0. The fraction of sp³-hybridized carbons (Fsp3) is 0.100. The Morgan fingerprint density at radius 1 is 1.36 bits per heavy atom. The average molecular weight is 253 g/mol. The third-order valence-corrected chi connectivity index (χ3v) is 3.02. The summed E-state index contributed by atoms with van der Waals surface area (Å²) in [5, 5.41) is 3.65. The van der Waals surface area contributed by atoms with Gasteiger partial charge in [0.1, 0.15) is 0 Å². The van der Waals surface area contributed by atoms with Crippen LogP contribution in [0, 0.1) is 6.92 Å². The minimum atomic E-state index is 0.353. The fourth-order valence-corrected chi connectivity index (χ4v) is 1.72. The molecule has 0 saturated heterocycles. The second-order valence-corrected chi connectivity index (χ2v) is 3.87. The molecule has 0 atom stereocenters. The maximum absolute atomic E-state index is 5.65. The number of rotatable bonds is 1. The van der Waals surface area contributed by atoms with Crippen molar-refractivity contribution >= 4 is 21.8 Å². The molecule has 1 aromatic heterocycles. The number of nitrogen functional groups attached to an aromatic ring is 1. The molecular weight excluding hydrogens is 244 g/mol. The van der Waals surface area contributed by atoms with Crippen molar-refractivity contribution < 1.29 is 4.52 Å². The quantitative estimate of drug-likeness (QED) is 0.849. The first kappa shape index (κ1) is 9.27. The van der Waals surface area contributed by atoms with E-state index in [1.54, 1.807) is 6.20 Å². The Labute approximate surface area is 90.0 Å². The van der Waals surface area contributed by atoms with Crippen LogP contribution in [0.2, 0.25) is 0 Å². The highest BCUT2D eigenvalue weighted by atomic mass is 79.9. The van der Waals surface area contributed by atoms with Crippen LogP contribution in [0.4, 0.5) is 5.88 Å². The zero-order chi connectivity index (χ0) is 10.1. The summed E-state index contributed by atoms with van der Waals surface area (Å²) in [5.41, 5.74) is 8.65. The number of nitrogens with two attached hydrogens (primary N) is 1. The zero-order valence-electron chi connectivity index (χ0n) is 7.62. The van der Waals surface area contributed by atoms with Gasteiger partial charge >= 0.3 is 0 Å². The van der Waals surface area contributed by atoms with Crippen LogP contribution >= 0.6 is 15.9 Å². The van der Waals surface area contributed by atoms with E-state index in [9.17, 15) is 0 Å². The molecule has 0 spiro atoms. The predicted molar refractivity (Wildman–Crippen MR) is 58.8 cm³/mol. The van der Waals surface area contributed by atoms with Crippen LogP contribution in [-0.4, -0.2) is 5.16 Å². The lowest BCUT2D eigenvalue weighted by Gasteiger charge is -2.04. The second kappa shape index (κ2) is 3.46. The normalized spacial score (nSPS) is 10.4. The second-order valence-electron chi connectivity index (χ2n) is 3.02. The van der Waals surface area contributed by atoms with E-state index in [2.05, 4.69) is 21.1 Å². The van der Waals surface area contributed by atoms with Gasteiger partial charge in [-0.1, -0.05) is 33.2 Å². The first-order chi connectivity index (χ1) is 6.70. The standard InChI is InChI=1S/C10H9BrN2O/c1-6-7(3-2-4-9(6)11)8-5-13-14-10(8)12/h2-5H,12H2,1H3. The van der Waals surface area contributed by atoms with Gasteiger partial charge in [0.25, 0.3) is 0 Å². The van der Waals surface area contributed by atoms with Crippen molar-refractivity contribution in [3.8, 4) is 11.1 Å². The van der Waals surface area contributed by atoms with Crippen molar-refractivity contribution in [2.45, 2.75) is 6.92 Å². The van der Waals surface area contributed by atoms with E-state index in [0.717, 1.165) is 21.2 Å². The van der Waals surface area contributed by atoms with Crippen molar-refractivity contribution in [1.29, 1.82) is 0 Å². The summed E-state index contributed by atoms with van der Waals surface area (Å²) in [6, 6.07) is 5.93. The summed E-state index contributed by atoms with van der Waals surface area (Å²) in [6.45, 7) is 2.02. The highest BCUT2D eigenvalue weighted by Gasteiger charge is 2.10. The van der Waals surface area contributed by atoms with E-state index in [0.29, 0.717) is 5.88 Å². The Hall–Kier alpha value is -1.29. The van der Waals surface area contributed by atoms with Crippen LogP contribution in [0.1, 0.15) is 5.56 Å². The van der Waals surface area contributed by atoms with E-state index in [1.165, 1.54) is 0 Å². The first-order valence-corrected chi connectivity index (χ1v) is 4.95. The molecule has 1 aromatic carbocycles. The maximum atomic E-state index is 5.65. The van der Waals surface area contributed by atoms with Crippen LogP contribution in [0.3, 0.4) is 0 Å². The molecule has 0 bridgehead atoms. The van der Waals surface area contributed by atoms with Crippen molar-refractivity contribution in [3.05, 3.63) is 34.4 Å². The summed E-state index contributed by atoms with van der Waals surface area (Å²) in [5.74, 6) is 0.353. The lowest BCUT2D eigenvalue weighted by molar-refractivity contribution is 0.436. The molecule has 2 rings (SSSR count). The summed E-state index contributed by atoms with van der Waals surface area (Å²) >= 11 is 3.46. The minimum Gasteiger partial charge on any atom is -0.367 e. The molecule has 0 aliphatic rings. The molecule has 4 heteroatoms. The summed E-state index contributed by atoms with van der Waals surface area (Å²) < 4.78 is 5.88. The van der Waals surface area contributed by atoms with E-state index in [1.807, 2.05) is 25.1 Å². The molecule has 0 aliphatic carbocycles. The van der Waals surface area contributed by atoms with Gasteiger partial charge in [0.15, 0.2) is 0 Å². The van der Waals surface area contributed by atoms with Crippen LogP contribution in [0.5, 0.6) is 0 Å². The van der Waals surface area contributed by atoms with Crippen LogP contribution in [0.15, 0.2) is 33.4 Å². The largest absolute Gasteiger partial charge is 0.367 e. The average Bonchev–Trinajstić information content (AvgIpc) is 2.57. The number of hydrogen-bond acceptors (Lipinski definition) is 3. The van der Waals surface area contributed by atoms with E-state index >= 15 is 0 Å². The van der Waals surface area contributed by atoms with E-state index in [-0.39, 0.29) is 0 Å². The molecule has 0 fully saturated rings. The van der Waals surface area contributed by atoms with Crippen LogP contribution < -0.4 is 5.73 Å². The van der Waals surface area contributed by atoms with Crippen molar-refractivity contribution in [3.63, 3.8) is 0 Å². The highest BCUT2D eigenvalue weighted by Crippen LogP contribution is 2.31. The Bertz CT molecular complexity index is 465. The van der Waals surface area contributed by atoms with Gasteiger partial charge in [0, 0.05) is 4.47 Å². The van der Waals surface area contributed by atoms with Gasteiger partial charge in [-0.25, -0.2) is 0 Å². The number of anilines is 1. The summed E-state index contributed by atoms with van der Waals surface area (Å²) in [6.07, 6.45) is 1.63. The van der Waals surface area contributed by atoms with Crippen molar-refractivity contribution in [1.82, 2.24) is 5.16 Å². The van der Waals surface area contributed by atoms with E-state index < -0.39 is 0 Å². The molecular formula is C10H9BrN2O. The molecule has 0 aliphatic heterocycles. The SMILES string of the molecule is Cc1c(Br)cccc1-c1cnoc1N. The van der Waals surface area contributed by atoms with Gasteiger partial charge in [-0.2, -0.15) is 0 Å². The number of aromatic nitrogens is 1. The smallest absolute Gasteiger partial charge is 0.229 e. The van der Waals surface area contributed by atoms with Crippen molar-refractivity contribution in [2.24, 2.45) is 0 Å². The highest BCUT2D eigenvalue weighted by molar-refractivity contribution is 9.10. The van der Waals surface area contributed by atoms with Gasteiger partial charge in [-0.05, 0) is 24.1 Å². The monoisotopic (exact) mass is 252 g/mol. The first-order valence-electron chi connectivity index (χ1n) is 4.16. The molecule has 3 nitrogen and oxygen atoms in total. The Kier molecular flexibility index (Phi) is 2.29. The number of halogens is 1. The molecule has 2 aromatic rings. The fourth-order valence-electron chi connectivity index (χ4n) is 1.35. The van der Waals surface area contributed by atoms with Crippen LogP contribution in [0.25, 0.3) is 11.1 Å². The lowest BCUT2D eigenvalue weighted by Crippen LogP contribution is -1.88. The van der Waals surface area contributed by atoms with Gasteiger partial charge in [0.05, 0.1) is 11.8 Å². The number of hydrogen-bond donors (Lipinski definition) is 1. The third kappa shape index (κ3) is 1.42. The molecule has 0 radical (unpaired) electrons. The topological polar surface area (TPSA) is 52.0 Å². The summed E-state index contributed by atoms with van der Waals surface area (Å²) in [7, 11) is 0. The molecule has 72 valence electrons. The zero-order valence-corrected chi connectivity index (χ0v) is 9.21. The minimum absolute atomic E-state index is 0.353. The molecule has 1 heterocycles. The Balaban J connectivity index is 2.63. The molecule has 14 heavy (non-hydrogen) atoms. The third-order valence-electron chi connectivity index (χ3n) is 2.16. The molecule has 0 amide bonds. The van der Waals surface area contributed by atoms with Gasteiger partial charge in [0.2, 0.25) is 5.88 Å². The molecule has 2 N–H and O–H groups in total. The van der Waals surface area contributed by atoms with Gasteiger partial charge in [-0.15, -0.1) is 0 Å². The molecule has 0 unspecified atom stereocenters. The Morgan fingerprint density at radius 3 is 2.79 bits per heavy atom.